The summed E-state index contributed by atoms with van der Waals surface area (Å²) in [6.07, 6.45) is 4.92. The number of thioether (sulfide) groups is 1. The van der Waals surface area contributed by atoms with E-state index in [1.54, 1.807) is 28.8 Å². The molecule has 1 amide bonds. The van der Waals surface area contributed by atoms with Crippen molar-refractivity contribution in [2.24, 2.45) is 0 Å². The molecule has 2 aromatic carbocycles. The van der Waals surface area contributed by atoms with E-state index in [2.05, 4.69) is 15.0 Å². The summed E-state index contributed by atoms with van der Waals surface area (Å²) in [5, 5.41) is 3.29. The summed E-state index contributed by atoms with van der Waals surface area (Å²) < 4.78 is 42.4. The first-order chi connectivity index (χ1) is 14.4. The highest BCUT2D eigenvalue weighted by Crippen LogP contribution is 2.25. The van der Waals surface area contributed by atoms with Gasteiger partial charge < -0.3 is 5.32 Å². The molecule has 1 aliphatic rings. The van der Waals surface area contributed by atoms with Crippen molar-refractivity contribution in [1.29, 1.82) is 0 Å². The Morgan fingerprint density at radius 1 is 1.20 bits per heavy atom. The number of hydrogen-bond acceptors (Lipinski definition) is 5. The lowest BCUT2D eigenvalue weighted by Gasteiger charge is -2.12. The predicted molar refractivity (Wildman–Crippen MR) is 113 cm³/mol. The van der Waals surface area contributed by atoms with E-state index in [-0.39, 0.29) is 22.4 Å². The average Bonchev–Trinajstić information content (AvgIpc) is 3.42. The van der Waals surface area contributed by atoms with Crippen molar-refractivity contribution in [1.82, 2.24) is 14.3 Å². The molecule has 1 aromatic heterocycles. The second-order valence-corrected chi connectivity index (χ2v) is 9.31. The standard InChI is InChI=1S/C20H19FN4O3S2/c1-29-20-22-12-18(25(20)16-9-5-13(21)6-10-16)19(26)23-15-3-2-4-17(11-15)30(27,28)24-14-7-8-14/h2-6,9-12,14,24H,7-8H2,1H3,(H,23,26). The summed E-state index contributed by atoms with van der Waals surface area (Å²) in [5.41, 5.74) is 1.18. The maximum absolute atomic E-state index is 13.3. The Morgan fingerprint density at radius 3 is 2.60 bits per heavy atom. The van der Waals surface area contributed by atoms with Gasteiger partial charge in [0.25, 0.3) is 5.91 Å². The Bertz CT molecular complexity index is 1190. The lowest BCUT2D eigenvalue weighted by Crippen LogP contribution is -2.25. The van der Waals surface area contributed by atoms with Gasteiger partial charge >= 0.3 is 0 Å². The van der Waals surface area contributed by atoms with Gasteiger partial charge in [-0.2, -0.15) is 0 Å². The number of hydrogen-bond donors (Lipinski definition) is 2. The molecule has 0 radical (unpaired) electrons. The number of carbonyl (C=O) groups is 1. The first-order valence-corrected chi connectivity index (χ1v) is 11.9. The van der Waals surface area contributed by atoms with Crippen molar-refractivity contribution in [3.63, 3.8) is 0 Å². The molecule has 7 nitrogen and oxygen atoms in total. The fraction of sp³-hybridized carbons (Fsp3) is 0.200. The highest BCUT2D eigenvalue weighted by atomic mass is 32.2. The third-order valence-corrected chi connectivity index (χ3v) is 6.70. The van der Waals surface area contributed by atoms with E-state index < -0.39 is 15.9 Å². The summed E-state index contributed by atoms with van der Waals surface area (Å²) >= 11 is 1.35. The van der Waals surface area contributed by atoms with E-state index in [1.807, 2.05) is 6.26 Å². The number of imidazole rings is 1. The second-order valence-electron chi connectivity index (χ2n) is 6.82. The van der Waals surface area contributed by atoms with E-state index >= 15 is 0 Å². The van der Waals surface area contributed by atoms with Gasteiger partial charge in [0, 0.05) is 17.4 Å². The van der Waals surface area contributed by atoms with Gasteiger partial charge in [-0.15, -0.1) is 0 Å². The lowest BCUT2D eigenvalue weighted by molar-refractivity contribution is 0.102. The maximum atomic E-state index is 13.3. The number of amides is 1. The first kappa shape index (κ1) is 20.6. The molecular formula is C20H19FN4O3S2. The molecule has 0 saturated heterocycles. The van der Waals surface area contributed by atoms with E-state index in [1.165, 1.54) is 42.2 Å². The van der Waals surface area contributed by atoms with Crippen LogP contribution in [-0.4, -0.2) is 36.2 Å². The summed E-state index contributed by atoms with van der Waals surface area (Å²) in [7, 11) is -3.63. The van der Waals surface area contributed by atoms with Crippen LogP contribution in [0.3, 0.4) is 0 Å². The Hall–Kier alpha value is -2.69. The highest BCUT2D eigenvalue weighted by molar-refractivity contribution is 7.98. The monoisotopic (exact) mass is 446 g/mol. The molecule has 10 heteroatoms. The maximum Gasteiger partial charge on any atom is 0.274 e. The number of nitrogens with one attached hydrogen (secondary N) is 2. The SMILES string of the molecule is CSc1ncc(C(=O)Nc2cccc(S(=O)(=O)NC3CC3)c2)n1-c1ccc(F)cc1. The van der Waals surface area contributed by atoms with E-state index in [4.69, 9.17) is 0 Å². The van der Waals surface area contributed by atoms with Crippen molar-refractivity contribution in [2.45, 2.75) is 28.9 Å². The Labute approximate surface area is 177 Å². The van der Waals surface area contributed by atoms with Crippen LogP contribution in [0.25, 0.3) is 5.69 Å². The molecule has 1 fully saturated rings. The van der Waals surface area contributed by atoms with Crippen LogP contribution in [0.5, 0.6) is 0 Å². The van der Waals surface area contributed by atoms with Crippen LogP contribution in [0.2, 0.25) is 0 Å². The van der Waals surface area contributed by atoms with Crippen LogP contribution in [-0.2, 0) is 10.0 Å². The van der Waals surface area contributed by atoms with Crippen molar-refractivity contribution in [3.05, 3.63) is 66.2 Å². The van der Waals surface area contributed by atoms with Crippen LogP contribution in [0.1, 0.15) is 23.3 Å². The molecule has 0 aliphatic heterocycles. The molecule has 30 heavy (non-hydrogen) atoms. The smallest absolute Gasteiger partial charge is 0.274 e. The molecule has 0 bridgehead atoms. The number of aromatic nitrogens is 2. The zero-order valence-electron chi connectivity index (χ0n) is 16.0. The Kier molecular flexibility index (Phi) is 5.63. The van der Waals surface area contributed by atoms with Crippen LogP contribution in [0.4, 0.5) is 10.1 Å². The summed E-state index contributed by atoms with van der Waals surface area (Å²) in [4.78, 5) is 17.3. The van der Waals surface area contributed by atoms with E-state index in [0.717, 1.165) is 12.8 Å². The summed E-state index contributed by atoms with van der Waals surface area (Å²) in [6, 6.07) is 11.8. The number of nitrogens with zero attached hydrogens (tertiary/aromatic N) is 2. The zero-order chi connectivity index (χ0) is 21.3. The highest BCUT2D eigenvalue weighted by Gasteiger charge is 2.28. The number of halogens is 1. The normalized spacial score (nSPS) is 13.9. The zero-order valence-corrected chi connectivity index (χ0v) is 17.6. The van der Waals surface area contributed by atoms with Gasteiger partial charge in [-0.3, -0.25) is 9.36 Å². The second kappa shape index (κ2) is 8.21. The molecule has 0 atom stereocenters. The largest absolute Gasteiger partial charge is 0.321 e. The first-order valence-electron chi connectivity index (χ1n) is 9.19. The number of rotatable bonds is 7. The molecule has 1 saturated carbocycles. The van der Waals surface area contributed by atoms with E-state index in [0.29, 0.717) is 16.5 Å². The van der Waals surface area contributed by atoms with Crippen LogP contribution in [0.15, 0.2) is 64.8 Å². The number of benzene rings is 2. The Balaban J connectivity index is 1.61. The fourth-order valence-electron chi connectivity index (χ4n) is 2.90. The molecule has 1 heterocycles. The van der Waals surface area contributed by atoms with Gasteiger partial charge in [0.1, 0.15) is 11.5 Å². The fourth-order valence-corrected chi connectivity index (χ4v) is 4.80. The molecule has 4 rings (SSSR count). The van der Waals surface area contributed by atoms with Gasteiger partial charge in [-0.1, -0.05) is 17.8 Å². The van der Waals surface area contributed by atoms with Crippen LogP contribution >= 0.6 is 11.8 Å². The predicted octanol–water partition coefficient (Wildman–Crippen LogP) is 3.43. The van der Waals surface area contributed by atoms with Gasteiger partial charge in [-0.05, 0) is 61.6 Å². The topological polar surface area (TPSA) is 93.1 Å². The van der Waals surface area contributed by atoms with Crippen LogP contribution < -0.4 is 10.0 Å². The molecule has 0 unspecified atom stereocenters. The van der Waals surface area contributed by atoms with Crippen LogP contribution in [0, 0.1) is 5.82 Å². The summed E-state index contributed by atoms with van der Waals surface area (Å²) in [5.74, 6) is -0.842. The van der Waals surface area contributed by atoms with Crippen molar-refractivity contribution >= 4 is 33.4 Å². The third kappa shape index (κ3) is 4.40. The third-order valence-electron chi connectivity index (χ3n) is 4.53. The minimum absolute atomic E-state index is 0.0109. The van der Waals surface area contributed by atoms with Crippen molar-refractivity contribution < 1.29 is 17.6 Å². The quantitative estimate of drug-likeness (QED) is 0.543. The molecule has 0 spiro atoms. The minimum atomic E-state index is -3.63. The van der Waals surface area contributed by atoms with Crippen molar-refractivity contribution in [2.75, 3.05) is 11.6 Å². The molecule has 156 valence electrons. The van der Waals surface area contributed by atoms with Gasteiger partial charge in [0.05, 0.1) is 11.1 Å². The molecule has 1 aliphatic carbocycles. The van der Waals surface area contributed by atoms with Crippen molar-refractivity contribution in [3.8, 4) is 5.69 Å². The molecule has 3 aromatic rings. The summed E-state index contributed by atoms with van der Waals surface area (Å²) in [6.45, 7) is 0. The average molecular weight is 447 g/mol. The van der Waals surface area contributed by atoms with Gasteiger partial charge in [0.15, 0.2) is 5.16 Å². The molecular weight excluding hydrogens is 427 g/mol. The van der Waals surface area contributed by atoms with E-state index in [9.17, 15) is 17.6 Å². The van der Waals surface area contributed by atoms with Gasteiger partial charge in [-0.25, -0.2) is 22.5 Å². The van der Waals surface area contributed by atoms with Gasteiger partial charge in [0.2, 0.25) is 10.0 Å². The molecule has 2 N–H and O–H groups in total. The number of sulfonamides is 1. The Morgan fingerprint density at radius 2 is 1.93 bits per heavy atom. The number of carbonyl (C=O) groups excluding carboxylic acids is 1. The minimum Gasteiger partial charge on any atom is -0.321 e. The lowest BCUT2D eigenvalue weighted by atomic mass is 10.3. The number of anilines is 1.